The highest BCUT2D eigenvalue weighted by atomic mass is 32.2. The van der Waals surface area contributed by atoms with Gasteiger partial charge >= 0.3 is 0 Å². The van der Waals surface area contributed by atoms with Crippen molar-refractivity contribution in [2.24, 2.45) is 5.16 Å². The number of oxime groups is 1. The molecule has 0 aliphatic heterocycles. The third-order valence-corrected chi connectivity index (χ3v) is 3.53. The van der Waals surface area contributed by atoms with Crippen LogP contribution in [0.25, 0.3) is 0 Å². The van der Waals surface area contributed by atoms with E-state index in [2.05, 4.69) is 9.99 Å². The van der Waals surface area contributed by atoms with Gasteiger partial charge in [0.05, 0.1) is 16.0 Å². The van der Waals surface area contributed by atoms with Crippen LogP contribution in [0.1, 0.15) is 5.56 Å². The van der Waals surface area contributed by atoms with Crippen LogP contribution in [-0.2, 0) is 4.84 Å². The van der Waals surface area contributed by atoms with Gasteiger partial charge in [0.15, 0.2) is 0 Å². The number of benzene rings is 2. The second-order valence-electron chi connectivity index (χ2n) is 3.82. The van der Waals surface area contributed by atoms with Crippen LogP contribution in [0.2, 0.25) is 0 Å². The SMILES string of the molecule is CO/N=C/c1ccc(Sc2ccccc2)c([N+](=O)[O-])c1. The van der Waals surface area contributed by atoms with Crippen molar-refractivity contribution in [2.45, 2.75) is 9.79 Å². The van der Waals surface area contributed by atoms with E-state index in [1.54, 1.807) is 12.1 Å². The van der Waals surface area contributed by atoms with Gasteiger partial charge in [-0.1, -0.05) is 41.2 Å². The number of hydrogen-bond acceptors (Lipinski definition) is 5. The molecule has 0 radical (unpaired) electrons. The van der Waals surface area contributed by atoms with Gasteiger partial charge in [-0.2, -0.15) is 0 Å². The molecule has 0 aliphatic carbocycles. The molecule has 0 atom stereocenters. The summed E-state index contributed by atoms with van der Waals surface area (Å²) in [4.78, 5) is 16.9. The zero-order valence-corrected chi connectivity index (χ0v) is 11.5. The first kappa shape index (κ1) is 14.1. The Kier molecular flexibility index (Phi) is 4.73. The van der Waals surface area contributed by atoms with Crippen molar-refractivity contribution in [3.63, 3.8) is 0 Å². The molecule has 0 saturated carbocycles. The van der Waals surface area contributed by atoms with E-state index >= 15 is 0 Å². The van der Waals surface area contributed by atoms with E-state index in [4.69, 9.17) is 0 Å². The summed E-state index contributed by atoms with van der Waals surface area (Å²) >= 11 is 1.36. The zero-order valence-electron chi connectivity index (χ0n) is 10.7. The van der Waals surface area contributed by atoms with Crippen molar-refractivity contribution >= 4 is 23.7 Å². The van der Waals surface area contributed by atoms with Gasteiger partial charge in [0, 0.05) is 16.5 Å². The largest absolute Gasteiger partial charge is 0.399 e. The first-order valence-electron chi connectivity index (χ1n) is 5.78. The normalized spacial score (nSPS) is 10.7. The minimum atomic E-state index is -0.393. The average Bonchev–Trinajstić information content (AvgIpc) is 2.47. The molecule has 6 heteroatoms. The van der Waals surface area contributed by atoms with Crippen LogP contribution < -0.4 is 0 Å². The lowest BCUT2D eigenvalue weighted by Gasteiger charge is -2.03. The van der Waals surface area contributed by atoms with Crippen molar-refractivity contribution in [1.29, 1.82) is 0 Å². The highest BCUT2D eigenvalue weighted by molar-refractivity contribution is 7.99. The van der Waals surface area contributed by atoms with Crippen molar-refractivity contribution in [2.75, 3.05) is 7.11 Å². The molecule has 0 fully saturated rings. The monoisotopic (exact) mass is 288 g/mol. The Morgan fingerprint density at radius 1 is 1.25 bits per heavy atom. The molecule has 0 bridgehead atoms. The summed E-state index contributed by atoms with van der Waals surface area (Å²) in [6, 6.07) is 14.5. The average molecular weight is 288 g/mol. The minimum Gasteiger partial charge on any atom is -0.399 e. The molecule has 0 saturated heterocycles. The second kappa shape index (κ2) is 6.72. The number of nitrogens with zero attached hydrogens (tertiary/aromatic N) is 2. The predicted molar refractivity (Wildman–Crippen MR) is 78.3 cm³/mol. The minimum absolute atomic E-state index is 0.0545. The van der Waals surface area contributed by atoms with Gasteiger partial charge in [0.2, 0.25) is 0 Å². The predicted octanol–water partition coefficient (Wildman–Crippen LogP) is 3.73. The number of hydrogen-bond donors (Lipinski definition) is 0. The Morgan fingerprint density at radius 2 is 2.00 bits per heavy atom. The molecule has 5 nitrogen and oxygen atoms in total. The van der Waals surface area contributed by atoms with E-state index in [0.29, 0.717) is 10.5 Å². The summed E-state index contributed by atoms with van der Waals surface area (Å²) in [5.74, 6) is 0. The molecule has 0 aliphatic rings. The van der Waals surface area contributed by atoms with Crippen LogP contribution in [0.3, 0.4) is 0 Å². The van der Waals surface area contributed by atoms with Crippen molar-refractivity contribution < 1.29 is 9.76 Å². The lowest BCUT2D eigenvalue weighted by Crippen LogP contribution is -1.93. The lowest BCUT2D eigenvalue weighted by molar-refractivity contribution is -0.387. The van der Waals surface area contributed by atoms with Gasteiger partial charge in [-0.3, -0.25) is 10.1 Å². The van der Waals surface area contributed by atoms with Crippen LogP contribution >= 0.6 is 11.8 Å². The third-order valence-electron chi connectivity index (χ3n) is 2.46. The van der Waals surface area contributed by atoms with Crippen molar-refractivity contribution in [3.8, 4) is 0 Å². The number of nitro groups is 1. The number of rotatable bonds is 5. The van der Waals surface area contributed by atoms with Crippen molar-refractivity contribution in [1.82, 2.24) is 0 Å². The molecule has 0 heterocycles. The van der Waals surface area contributed by atoms with Crippen LogP contribution in [0.15, 0.2) is 63.5 Å². The topological polar surface area (TPSA) is 64.7 Å². The fourth-order valence-corrected chi connectivity index (χ4v) is 2.49. The smallest absolute Gasteiger partial charge is 0.283 e. The Morgan fingerprint density at radius 3 is 2.65 bits per heavy atom. The molecular formula is C14H12N2O3S. The van der Waals surface area contributed by atoms with Crippen LogP contribution in [-0.4, -0.2) is 18.2 Å². The van der Waals surface area contributed by atoms with Crippen LogP contribution in [0.5, 0.6) is 0 Å². The second-order valence-corrected chi connectivity index (χ2v) is 4.93. The molecule has 2 aromatic rings. The summed E-state index contributed by atoms with van der Waals surface area (Å²) in [6.07, 6.45) is 1.43. The summed E-state index contributed by atoms with van der Waals surface area (Å²) in [6.45, 7) is 0. The summed E-state index contributed by atoms with van der Waals surface area (Å²) < 4.78 is 0. The summed E-state index contributed by atoms with van der Waals surface area (Å²) in [5, 5.41) is 14.8. The van der Waals surface area contributed by atoms with E-state index in [1.807, 2.05) is 30.3 Å². The molecular weight excluding hydrogens is 276 g/mol. The fraction of sp³-hybridized carbons (Fsp3) is 0.0714. The van der Waals surface area contributed by atoms with Gasteiger partial charge in [-0.25, -0.2) is 0 Å². The molecule has 0 spiro atoms. The molecule has 0 aromatic heterocycles. The van der Waals surface area contributed by atoms with Gasteiger partial charge in [-0.15, -0.1) is 0 Å². The highest BCUT2D eigenvalue weighted by Crippen LogP contribution is 2.34. The Bertz CT molecular complexity index is 630. The van der Waals surface area contributed by atoms with Gasteiger partial charge in [-0.05, 0) is 18.2 Å². The molecule has 2 aromatic carbocycles. The first-order valence-corrected chi connectivity index (χ1v) is 6.60. The van der Waals surface area contributed by atoms with E-state index < -0.39 is 4.92 Å². The maximum Gasteiger partial charge on any atom is 0.283 e. The fourth-order valence-electron chi connectivity index (χ4n) is 1.57. The van der Waals surface area contributed by atoms with Gasteiger partial charge < -0.3 is 4.84 Å². The summed E-state index contributed by atoms with van der Waals surface area (Å²) in [5.41, 5.74) is 0.676. The standard InChI is InChI=1S/C14H12N2O3S/c1-19-15-10-11-7-8-14(13(9-11)16(17)18)20-12-5-3-2-4-6-12/h2-10H,1H3/b15-10+. The number of nitro benzene ring substituents is 1. The van der Waals surface area contributed by atoms with Gasteiger partial charge in [0.25, 0.3) is 5.69 Å². The van der Waals surface area contributed by atoms with E-state index in [9.17, 15) is 10.1 Å². The molecule has 102 valence electrons. The Balaban J connectivity index is 2.33. The quantitative estimate of drug-likeness (QED) is 0.478. The zero-order chi connectivity index (χ0) is 14.4. The van der Waals surface area contributed by atoms with E-state index in [0.717, 1.165) is 4.90 Å². The first-order chi connectivity index (χ1) is 9.70. The molecule has 0 N–H and O–H groups in total. The van der Waals surface area contributed by atoms with E-state index in [1.165, 1.54) is 31.2 Å². The van der Waals surface area contributed by atoms with Gasteiger partial charge in [0.1, 0.15) is 7.11 Å². The lowest BCUT2D eigenvalue weighted by atomic mass is 10.2. The van der Waals surface area contributed by atoms with Crippen LogP contribution in [0.4, 0.5) is 5.69 Å². The molecule has 20 heavy (non-hydrogen) atoms. The third kappa shape index (κ3) is 3.58. The maximum atomic E-state index is 11.2. The molecule has 0 amide bonds. The summed E-state index contributed by atoms with van der Waals surface area (Å²) in [7, 11) is 1.42. The van der Waals surface area contributed by atoms with Crippen molar-refractivity contribution in [3.05, 3.63) is 64.2 Å². The molecule has 0 unspecified atom stereocenters. The van der Waals surface area contributed by atoms with E-state index in [-0.39, 0.29) is 5.69 Å². The molecule has 2 rings (SSSR count). The van der Waals surface area contributed by atoms with Crippen LogP contribution in [0, 0.1) is 10.1 Å². The highest BCUT2D eigenvalue weighted by Gasteiger charge is 2.15. The maximum absolute atomic E-state index is 11.2. The Labute approximate surface area is 120 Å². The Hall–Kier alpha value is -2.34.